The van der Waals surface area contributed by atoms with Crippen LogP contribution in [-0.2, 0) is 14.3 Å². The number of nitrogens with zero attached hydrogens (tertiary/aromatic N) is 3. The predicted octanol–water partition coefficient (Wildman–Crippen LogP) is 0.552. The largest absolute Gasteiger partial charge is 0.468 e. The summed E-state index contributed by atoms with van der Waals surface area (Å²) < 4.78 is 4.34. The smallest absolute Gasteiger partial charge is 0.327 e. The van der Waals surface area contributed by atoms with Gasteiger partial charge < -0.3 is 4.74 Å². The molecule has 0 spiro atoms. The molecule has 0 aromatic carbocycles. The topological polar surface area (TPSA) is 92.1 Å². The number of esters is 1. The Hall–Kier alpha value is -1.81. The van der Waals surface area contributed by atoms with Gasteiger partial charge in [0.1, 0.15) is 0 Å². The molecule has 0 fully saturated rings. The van der Waals surface area contributed by atoms with Crippen LogP contribution in [0, 0.1) is 5.41 Å². The zero-order valence-corrected chi connectivity index (χ0v) is 6.22. The van der Waals surface area contributed by atoms with Crippen molar-refractivity contribution in [2.75, 3.05) is 7.11 Å². The Kier molecular flexibility index (Phi) is 1.85. The maximum absolute atomic E-state index is 10.9. The summed E-state index contributed by atoms with van der Waals surface area (Å²) in [4.78, 5) is 24.2. The molecule has 1 aliphatic rings. The van der Waals surface area contributed by atoms with Crippen molar-refractivity contribution in [1.29, 1.82) is 0 Å². The fourth-order valence-electron chi connectivity index (χ4n) is 0.742. The summed E-state index contributed by atoms with van der Waals surface area (Å²) in [6.07, 6.45) is 2.66. The first-order valence-corrected chi connectivity index (χ1v) is 3.05. The van der Waals surface area contributed by atoms with E-state index in [1.807, 2.05) is 0 Å². The standard InChI is InChI=1S/C6H5N3O3/c1-12-5(11)6(2-3-6)4(10)8-9-7/h2-3H,1H3. The highest BCUT2D eigenvalue weighted by Crippen LogP contribution is 2.37. The number of ether oxygens (including phenoxy) is 1. The first-order valence-electron chi connectivity index (χ1n) is 3.05. The minimum absolute atomic E-state index is 0.722. The average Bonchev–Trinajstić information content (AvgIpc) is 2.84. The second-order valence-electron chi connectivity index (χ2n) is 2.19. The molecule has 0 bridgehead atoms. The van der Waals surface area contributed by atoms with Gasteiger partial charge in [-0.25, -0.2) is 0 Å². The summed E-state index contributed by atoms with van der Waals surface area (Å²) in [6, 6.07) is 0. The van der Waals surface area contributed by atoms with Crippen LogP contribution < -0.4 is 0 Å². The fraction of sp³-hybridized carbons (Fsp3) is 0.333. The molecule has 6 nitrogen and oxygen atoms in total. The van der Waals surface area contributed by atoms with Gasteiger partial charge in [-0.1, -0.05) is 12.2 Å². The van der Waals surface area contributed by atoms with E-state index in [9.17, 15) is 9.59 Å². The Morgan fingerprint density at radius 2 is 2.17 bits per heavy atom. The van der Waals surface area contributed by atoms with E-state index >= 15 is 0 Å². The number of rotatable bonds is 2. The Morgan fingerprint density at radius 1 is 1.58 bits per heavy atom. The summed E-state index contributed by atoms with van der Waals surface area (Å²) in [6.45, 7) is 0. The normalized spacial score (nSPS) is 16.1. The molecule has 6 heteroatoms. The minimum atomic E-state index is -1.40. The van der Waals surface area contributed by atoms with Gasteiger partial charge in [0.2, 0.25) is 5.91 Å². The Labute approximate surface area is 67.4 Å². The van der Waals surface area contributed by atoms with Crippen LogP contribution in [0.1, 0.15) is 0 Å². The van der Waals surface area contributed by atoms with E-state index in [2.05, 4.69) is 14.8 Å². The van der Waals surface area contributed by atoms with Gasteiger partial charge in [-0.15, -0.1) is 0 Å². The molecule has 0 N–H and O–H groups in total. The monoisotopic (exact) mass is 167 g/mol. The molecule has 0 unspecified atom stereocenters. The molecule has 12 heavy (non-hydrogen) atoms. The number of azide groups is 1. The maximum Gasteiger partial charge on any atom is 0.327 e. The van der Waals surface area contributed by atoms with Crippen molar-refractivity contribution in [3.05, 3.63) is 22.6 Å². The van der Waals surface area contributed by atoms with Crippen molar-refractivity contribution in [3.8, 4) is 0 Å². The second-order valence-corrected chi connectivity index (χ2v) is 2.19. The van der Waals surface area contributed by atoms with Crippen LogP contribution in [0.15, 0.2) is 17.3 Å². The van der Waals surface area contributed by atoms with E-state index in [4.69, 9.17) is 5.53 Å². The van der Waals surface area contributed by atoms with Crippen LogP contribution >= 0.6 is 0 Å². The summed E-state index contributed by atoms with van der Waals surface area (Å²) in [5.74, 6) is -1.57. The Morgan fingerprint density at radius 3 is 2.50 bits per heavy atom. The van der Waals surface area contributed by atoms with Crippen LogP contribution in [0.3, 0.4) is 0 Å². The molecule has 0 heterocycles. The minimum Gasteiger partial charge on any atom is -0.468 e. The number of hydrogen-bond acceptors (Lipinski definition) is 3. The van der Waals surface area contributed by atoms with Crippen LogP contribution in [0.25, 0.3) is 10.4 Å². The van der Waals surface area contributed by atoms with E-state index in [1.165, 1.54) is 12.2 Å². The molecule has 0 saturated carbocycles. The van der Waals surface area contributed by atoms with Gasteiger partial charge in [0.25, 0.3) is 0 Å². The first-order chi connectivity index (χ1) is 5.67. The summed E-state index contributed by atoms with van der Waals surface area (Å²) in [5, 5.41) is 2.81. The van der Waals surface area contributed by atoms with E-state index in [1.54, 1.807) is 0 Å². The molecule has 0 aromatic heterocycles. The molecule has 0 aromatic rings. The van der Waals surface area contributed by atoms with Gasteiger partial charge in [-0.3, -0.25) is 9.59 Å². The Bertz CT molecular complexity index is 308. The highest BCUT2D eigenvalue weighted by molar-refractivity contribution is 6.11. The number of amides is 1. The quantitative estimate of drug-likeness (QED) is 0.150. The van der Waals surface area contributed by atoms with Crippen molar-refractivity contribution in [2.24, 2.45) is 10.5 Å². The molecule has 1 amide bonds. The number of methoxy groups -OCH3 is 1. The van der Waals surface area contributed by atoms with Gasteiger partial charge in [-0.2, -0.15) is 0 Å². The van der Waals surface area contributed by atoms with Crippen molar-refractivity contribution in [3.63, 3.8) is 0 Å². The van der Waals surface area contributed by atoms with Gasteiger partial charge >= 0.3 is 5.97 Å². The van der Waals surface area contributed by atoms with Crippen molar-refractivity contribution in [1.82, 2.24) is 0 Å². The molecule has 0 saturated heterocycles. The van der Waals surface area contributed by atoms with Gasteiger partial charge in [0.05, 0.1) is 7.11 Å². The summed E-state index contributed by atoms with van der Waals surface area (Å²) >= 11 is 0. The molecular formula is C6H5N3O3. The van der Waals surface area contributed by atoms with Crippen LogP contribution in [0.5, 0.6) is 0 Å². The van der Waals surface area contributed by atoms with Crippen LogP contribution in [0.2, 0.25) is 0 Å². The predicted molar refractivity (Wildman–Crippen MR) is 37.7 cm³/mol. The third kappa shape index (κ3) is 1.04. The molecule has 1 rings (SSSR count). The molecule has 62 valence electrons. The lowest BCUT2D eigenvalue weighted by Crippen LogP contribution is -2.26. The number of carbonyl (C=O) groups is 2. The van der Waals surface area contributed by atoms with E-state index in [-0.39, 0.29) is 0 Å². The number of carbonyl (C=O) groups excluding carboxylic acids is 2. The number of hydrogen-bond donors (Lipinski definition) is 0. The SMILES string of the molecule is COC(=O)C1(C(=O)N=[N+]=[N-])C=C1. The van der Waals surface area contributed by atoms with E-state index in [0.29, 0.717) is 0 Å². The zero-order valence-electron chi connectivity index (χ0n) is 6.22. The molecule has 0 atom stereocenters. The second kappa shape index (κ2) is 2.67. The highest BCUT2D eigenvalue weighted by atomic mass is 16.5. The lowest BCUT2D eigenvalue weighted by Gasteiger charge is -2.06. The van der Waals surface area contributed by atoms with Gasteiger partial charge in [0, 0.05) is 4.91 Å². The van der Waals surface area contributed by atoms with Crippen LogP contribution in [0.4, 0.5) is 0 Å². The van der Waals surface area contributed by atoms with Crippen LogP contribution in [-0.4, -0.2) is 19.0 Å². The van der Waals surface area contributed by atoms with Crippen molar-refractivity contribution in [2.45, 2.75) is 0 Å². The summed E-state index contributed by atoms with van der Waals surface area (Å²) in [5.41, 5.74) is 6.54. The van der Waals surface area contributed by atoms with E-state index in [0.717, 1.165) is 7.11 Å². The average molecular weight is 167 g/mol. The van der Waals surface area contributed by atoms with E-state index < -0.39 is 17.3 Å². The maximum atomic E-state index is 10.9. The highest BCUT2D eigenvalue weighted by Gasteiger charge is 2.50. The zero-order chi connectivity index (χ0) is 9.19. The first kappa shape index (κ1) is 8.29. The van der Waals surface area contributed by atoms with Gasteiger partial charge in [0.15, 0.2) is 5.41 Å². The Balaban J connectivity index is 2.80. The third-order valence-electron chi connectivity index (χ3n) is 1.51. The lowest BCUT2D eigenvalue weighted by atomic mass is 10.1. The van der Waals surface area contributed by atoms with Crippen molar-refractivity contribution < 1.29 is 14.3 Å². The van der Waals surface area contributed by atoms with Crippen molar-refractivity contribution >= 4 is 11.9 Å². The molecule has 0 aliphatic heterocycles. The third-order valence-corrected chi connectivity index (χ3v) is 1.51. The fourth-order valence-corrected chi connectivity index (χ4v) is 0.742. The molecule has 0 radical (unpaired) electrons. The molecule has 1 aliphatic carbocycles. The lowest BCUT2D eigenvalue weighted by molar-refractivity contribution is -0.149. The van der Waals surface area contributed by atoms with Gasteiger partial charge in [-0.05, 0) is 10.6 Å². The summed E-state index contributed by atoms with van der Waals surface area (Å²) in [7, 11) is 1.16. The molecular weight excluding hydrogens is 162 g/mol.